The Hall–Kier alpha value is -3.06. The van der Waals surface area contributed by atoms with Gasteiger partial charge in [0.05, 0.1) is 24.8 Å². The van der Waals surface area contributed by atoms with Gasteiger partial charge in [-0.05, 0) is 23.8 Å². The van der Waals surface area contributed by atoms with Gasteiger partial charge in [-0.3, -0.25) is 4.79 Å². The molecule has 2 N–H and O–H groups in total. The Kier molecular flexibility index (Phi) is 7.19. The molecule has 8 heteroatoms. The summed E-state index contributed by atoms with van der Waals surface area (Å²) < 4.78 is 9.25. The Morgan fingerprint density at radius 3 is 2.37 bits per heavy atom. The number of hydrogen-bond acceptors (Lipinski definition) is 5. The fraction of sp³-hybridized carbons (Fsp3) is 0.211. The van der Waals surface area contributed by atoms with Gasteiger partial charge in [-0.2, -0.15) is 0 Å². The van der Waals surface area contributed by atoms with Crippen molar-refractivity contribution < 1.29 is 23.9 Å². The molecule has 0 aliphatic carbocycles. The average Bonchev–Trinajstić information content (AvgIpc) is 2.68. The number of methoxy groups -OCH3 is 2. The summed E-state index contributed by atoms with van der Waals surface area (Å²) in [5.74, 6) is -1.09. The van der Waals surface area contributed by atoms with E-state index in [1.165, 1.54) is 26.4 Å². The molecule has 0 radical (unpaired) electrons. The molecule has 0 fully saturated rings. The third kappa shape index (κ3) is 5.72. The van der Waals surface area contributed by atoms with Gasteiger partial charge in [-0.1, -0.05) is 41.9 Å². The largest absolute Gasteiger partial charge is 0.465 e. The summed E-state index contributed by atoms with van der Waals surface area (Å²) in [7, 11) is 2.45. The van der Waals surface area contributed by atoms with Gasteiger partial charge >= 0.3 is 12.1 Å². The van der Waals surface area contributed by atoms with Gasteiger partial charge in [0.15, 0.2) is 0 Å². The lowest BCUT2D eigenvalue weighted by Crippen LogP contribution is -2.45. The normalized spacial score (nSPS) is 11.2. The van der Waals surface area contributed by atoms with E-state index < -0.39 is 24.0 Å². The molecule has 7 nitrogen and oxygen atoms in total. The minimum Gasteiger partial charge on any atom is -0.465 e. The molecular weight excluding hydrogens is 372 g/mol. The number of amides is 2. The number of halogens is 1. The van der Waals surface area contributed by atoms with Crippen LogP contribution in [0.15, 0.2) is 48.5 Å². The first-order chi connectivity index (χ1) is 12.9. The topological polar surface area (TPSA) is 93.7 Å². The smallest absolute Gasteiger partial charge is 0.407 e. The molecule has 0 aliphatic rings. The average molecular weight is 391 g/mol. The fourth-order valence-corrected chi connectivity index (χ4v) is 2.55. The van der Waals surface area contributed by atoms with Gasteiger partial charge in [-0.15, -0.1) is 0 Å². The minimum atomic E-state index is -0.878. The van der Waals surface area contributed by atoms with Crippen molar-refractivity contribution in [2.24, 2.45) is 0 Å². The molecule has 2 rings (SSSR count). The molecule has 0 aliphatic heterocycles. The zero-order valence-corrected chi connectivity index (χ0v) is 15.6. The number of carbonyl (C=O) groups is 3. The van der Waals surface area contributed by atoms with Crippen molar-refractivity contribution in [3.8, 4) is 0 Å². The Morgan fingerprint density at radius 1 is 1.04 bits per heavy atom. The number of anilines is 1. The predicted molar refractivity (Wildman–Crippen MR) is 101 cm³/mol. The molecule has 27 heavy (non-hydrogen) atoms. The Bertz CT molecular complexity index is 826. The molecule has 0 saturated carbocycles. The monoisotopic (exact) mass is 390 g/mol. The summed E-state index contributed by atoms with van der Waals surface area (Å²) in [5.41, 5.74) is 1.33. The standard InChI is InChI=1S/C19H19ClN2O5/c1-26-18(24)14-11-13(8-9-15(14)20)21-17(23)16(22-19(25)27-2)10-12-6-4-3-5-7-12/h3-9,11,16H,10H2,1-2H3,(H,21,23)(H,22,25). The first kappa shape index (κ1) is 20.3. The molecule has 0 aromatic heterocycles. The maximum Gasteiger partial charge on any atom is 0.407 e. The molecule has 2 aromatic carbocycles. The quantitative estimate of drug-likeness (QED) is 0.739. The molecule has 0 saturated heterocycles. The first-order valence-corrected chi connectivity index (χ1v) is 8.39. The molecule has 2 amide bonds. The van der Waals surface area contributed by atoms with Crippen molar-refractivity contribution in [2.75, 3.05) is 19.5 Å². The summed E-state index contributed by atoms with van der Waals surface area (Å²) in [4.78, 5) is 36.0. The predicted octanol–water partition coefficient (Wildman–Crippen LogP) is 3.03. The van der Waals surface area contributed by atoms with Crippen LogP contribution in [0.2, 0.25) is 5.02 Å². The van der Waals surface area contributed by atoms with Crippen LogP contribution in [-0.4, -0.2) is 38.2 Å². The highest BCUT2D eigenvalue weighted by molar-refractivity contribution is 6.33. The van der Waals surface area contributed by atoms with E-state index in [-0.39, 0.29) is 17.0 Å². The fourth-order valence-electron chi connectivity index (χ4n) is 2.36. The van der Waals surface area contributed by atoms with Crippen molar-refractivity contribution in [1.82, 2.24) is 5.32 Å². The number of alkyl carbamates (subject to hydrolysis) is 1. The van der Waals surface area contributed by atoms with Crippen LogP contribution in [0.1, 0.15) is 15.9 Å². The third-order valence-corrected chi connectivity index (χ3v) is 4.05. The highest BCUT2D eigenvalue weighted by Crippen LogP contribution is 2.21. The number of ether oxygens (including phenoxy) is 2. The van der Waals surface area contributed by atoms with Gasteiger partial charge < -0.3 is 20.1 Å². The number of carbonyl (C=O) groups excluding carboxylic acids is 3. The van der Waals surface area contributed by atoms with Crippen LogP contribution < -0.4 is 10.6 Å². The molecule has 1 unspecified atom stereocenters. The first-order valence-electron chi connectivity index (χ1n) is 8.01. The summed E-state index contributed by atoms with van der Waals surface area (Å²) in [5, 5.41) is 5.37. The van der Waals surface area contributed by atoms with Gasteiger partial charge in [-0.25, -0.2) is 9.59 Å². The van der Waals surface area contributed by atoms with E-state index in [0.717, 1.165) is 5.56 Å². The van der Waals surface area contributed by atoms with Crippen LogP contribution in [-0.2, 0) is 20.7 Å². The van der Waals surface area contributed by atoms with Crippen LogP contribution in [0.3, 0.4) is 0 Å². The number of benzene rings is 2. The Balaban J connectivity index is 2.19. The number of esters is 1. The lowest BCUT2D eigenvalue weighted by atomic mass is 10.1. The second-order valence-electron chi connectivity index (χ2n) is 5.55. The maximum absolute atomic E-state index is 12.7. The van der Waals surface area contributed by atoms with E-state index in [0.29, 0.717) is 5.69 Å². The van der Waals surface area contributed by atoms with Crippen LogP contribution in [0.5, 0.6) is 0 Å². The molecule has 2 aromatic rings. The second kappa shape index (κ2) is 9.59. The number of nitrogens with one attached hydrogen (secondary N) is 2. The van der Waals surface area contributed by atoms with E-state index in [9.17, 15) is 14.4 Å². The molecule has 142 valence electrons. The summed E-state index contributed by atoms with van der Waals surface area (Å²) in [6, 6.07) is 12.8. The van der Waals surface area contributed by atoms with Crippen molar-refractivity contribution in [3.05, 3.63) is 64.7 Å². The second-order valence-corrected chi connectivity index (χ2v) is 5.96. The van der Waals surface area contributed by atoms with Crippen molar-refractivity contribution in [1.29, 1.82) is 0 Å². The van der Waals surface area contributed by atoms with Crippen molar-refractivity contribution in [2.45, 2.75) is 12.5 Å². The highest BCUT2D eigenvalue weighted by atomic mass is 35.5. The van der Waals surface area contributed by atoms with Crippen molar-refractivity contribution in [3.63, 3.8) is 0 Å². The molecule has 0 bridgehead atoms. The zero-order chi connectivity index (χ0) is 19.8. The van der Waals surface area contributed by atoms with Crippen LogP contribution in [0.25, 0.3) is 0 Å². The van der Waals surface area contributed by atoms with Gasteiger partial charge in [0.2, 0.25) is 5.91 Å². The number of rotatable bonds is 6. The highest BCUT2D eigenvalue weighted by Gasteiger charge is 2.22. The van der Waals surface area contributed by atoms with Crippen molar-refractivity contribution >= 4 is 35.3 Å². The summed E-state index contributed by atoms with van der Waals surface area (Å²) in [6.07, 6.45) is -0.461. The molecule has 0 spiro atoms. The lowest BCUT2D eigenvalue weighted by molar-refractivity contribution is -0.118. The zero-order valence-electron chi connectivity index (χ0n) is 14.8. The Labute approximate surface area is 161 Å². The maximum atomic E-state index is 12.7. The molecule has 1 atom stereocenters. The van der Waals surface area contributed by atoms with E-state index in [4.69, 9.17) is 11.6 Å². The molecule has 0 heterocycles. The van der Waals surface area contributed by atoms with E-state index >= 15 is 0 Å². The molecular formula is C19H19ClN2O5. The minimum absolute atomic E-state index is 0.123. The number of hydrogen-bond donors (Lipinski definition) is 2. The van der Waals surface area contributed by atoms with Gasteiger partial charge in [0, 0.05) is 12.1 Å². The third-order valence-electron chi connectivity index (χ3n) is 3.72. The van der Waals surface area contributed by atoms with E-state index in [1.54, 1.807) is 6.07 Å². The van der Waals surface area contributed by atoms with Gasteiger partial charge in [0.1, 0.15) is 6.04 Å². The Morgan fingerprint density at radius 2 is 1.74 bits per heavy atom. The lowest BCUT2D eigenvalue weighted by Gasteiger charge is -2.18. The summed E-state index contributed by atoms with van der Waals surface area (Å²) in [6.45, 7) is 0. The van der Waals surface area contributed by atoms with Crippen LogP contribution in [0.4, 0.5) is 10.5 Å². The SMILES string of the molecule is COC(=O)NC(Cc1ccccc1)C(=O)Nc1ccc(Cl)c(C(=O)OC)c1. The summed E-state index contributed by atoms with van der Waals surface area (Å²) >= 11 is 5.98. The van der Waals surface area contributed by atoms with E-state index in [2.05, 4.69) is 20.1 Å². The van der Waals surface area contributed by atoms with Crippen LogP contribution in [0, 0.1) is 0 Å². The van der Waals surface area contributed by atoms with Gasteiger partial charge in [0.25, 0.3) is 0 Å². The van der Waals surface area contributed by atoms with Crippen LogP contribution >= 0.6 is 11.6 Å². The van der Waals surface area contributed by atoms with E-state index in [1.807, 2.05) is 30.3 Å².